The maximum atomic E-state index is 3.25. The minimum Gasteiger partial charge on any atom is -0.358 e. The molecule has 0 unspecified atom stereocenters. The molecule has 0 rings (SSSR count). The van der Waals surface area contributed by atoms with Crippen molar-refractivity contribution in [3.8, 4) is 0 Å². The third kappa shape index (κ3) is 143000. The van der Waals surface area contributed by atoms with Crippen LogP contribution in [-0.2, 0) is 32.7 Å². The van der Waals surface area contributed by atoms with Crippen molar-refractivity contribution in [2.45, 2.75) is 0 Å². The van der Waals surface area contributed by atoms with E-state index in [9.17, 15) is 0 Å². The summed E-state index contributed by atoms with van der Waals surface area (Å²) in [6.45, 7) is 19.5. The summed E-state index contributed by atoms with van der Waals surface area (Å²) in [6, 6.07) is 0. The van der Waals surface area contributed by atoms with Crippen molar-refractivity contribution < 1.29 is 32.7 Å². The van der Waals surface area contributed by atoms with Gasteiger partial charge in [-0.05, 0) is 0 Å². The molecule has 0 saturated carbocycles. The second-order valence-electron chi connectivity index (χ2n) is 0.866. The van der Waals surface area contributed by atoms with Crippen molar-refractivity contribution in [1.29, 1.82) is 0 Å². The Morgan fingerprint density at radius 3 is 0.727 bits per heavy atom. The minimum atomic E-state index is 0. The Bertz CT molecular complexity index is 41.6. The summed E-state index contributed by atoms with van der Waals surface area (Å²) in [5.74, 6) is 0. The van der Waals surface area contributed by atoms with Gasteiger partial charge in [0.05, 0.1) is 0 Å². The summed E-state index contributed by atoms with van der Waals surface area (Å²) < 4.78 is 0. The Kier molecular flexibility index (Phi) is 257. The van der Waals surface area contributed by atoms with Crippen LogP contribution in [0.1, 0.15) is 0 Å². The van der Waals surface area contributed by atoms with Crippen LogP contribution in [0.15, 0.2) is 38.0 Å². The molecular weight excluding hydrogens is 209 g/mol. The number of hydrogen-bond acceptors (Lipinski definition) is 0. The van der Waals surface area contributed by atoms with Gasteiger partial charge in [0.25, 0.3) is 0 Å². The van der Waals surface area contributed by atoms with Crippen LogP contribution in [0.2, 0.25) is 0 Å². The van der Waals surface area contributed by atoms with Gasteiger partial charge >= 0.3 is 0 Å². The van der Waals surface area contributed by atoms with Crippen LogP contribution in [0.25, 0.3) is 0 Å². The molecule has 0 aliphatic heterocycles. The van der Waals surface area contributed by atoms with E-state index in [1.54, 1.807) is 0 Å². The topological polar surface area (TPSA) is 0 Å². The Hall–Kier alpha value is -0.0661. The quantitative estimate of drug-likeness (QED) is 0.556. The van der Waals surface area contributed by atoms with E-state index >= 15 is 0 Å². The van der Waals surface area contributed by atoms with E-state index in [0.29, 0.717) is 0 Å². The van der Waals surface area contributed by atoms with Crippen LogP contribution < -0.4 is 0 Å². The monoisotopic (exact) mass is 227 g/mol. The van der Waals surface area contributed by atoms with Crippen LogP contribution in [0.5, 0.6) is 0 Å². The maximum Gasteiger partial charge on any atom is 0 e. The third-order valence-corrected chi connectivity index (χ3v) is 0. The summed E-state index contributed by atoms with van der Waals surface area (Å²) >= 11 is 0. The van der Waals surface area contributed by atoms with Gasteiger partial charge in [0.15, 0.2) is 0 Å². The first kappa shape index (κ1) is 30.6. The molecule has 0 amide bonds. The van der Waals surface area contributed by atoms with Crippen molar-refractivity contribution in [2.24, 2.45) is 0 Å². The van der Waals surface area contributed by atoms with Gasteiger partial charge in [0, 0.05) is 32.7 Å². The molecule has 0 bridgehead atoms. The normalized spacial score (nSPS) is 3.27. The van der Waals surface area contributed by atoms with Crippen molar-refractivity contribution >= 4 is 0 Å². The summed E-state index contributed by atoms with van der Waals surface area (Å²) in [7, 11) is 0. The molecule has 0 aromatic rings. The van der Waals surface area contributed by atoms with Gasteiger partial charge in [-0.3, -0.25) is 0 Å². The van der Waals surface area contributed by atoms with Gasteiger partial charge in [-0.15, -0.1) is 0 Å². The number of allylic oxidation sites excluding steroid dienone is 3. The molecule has 0 N–H and O–H groups in total. The van der Waals surface area contributed by atoms with Gasteiger partial charge in [-0.1, -0.05) is 0 Å². The second kappa shape index (κ2) is 92.1. The molecule has 0 atom stereocenters. The minimum absolute atomic E-state index is 0. The van der Waals surface area contributed by atoms with Gasteiger partial charge in [0.1, 0.15) is 0 Å². The second-order valence-corrected chi connectivity index (χ2v) is 0.866. The molecule has 0 aliphatic carbocycles. The molecule has 0 aliphatic rings. The van der Waals surface area contributed by atoms with Crippen LogP contribution in [0, 0.1) is 28.2 Å². The Morgan fingerprint density at radius 1 is 0.727 bits per heavy atom. The largest absolute Gasteiger partial charge is 0.358 e. The zero-order valence-corrected chi connectivity index (χ0v) is 10.4. The third-order valence-electron chi connectivity index (χ3n) is 0. The molecule has 0 aromatic carbocycles. The van der Waals surface area contributed by atoms with E-state index in [4.69, 9.17) is 0 Å². The maximum absolute atomic E-state index is 3.25. The van der Waals surface area contributed by atoms with E-state index in [-0.39, 0.29) is 40.1 Å². The smallest absolute Gasteiger partial charge is 0 e. The molecule has 0 nitrogen and oxygen atoms in total. The predicted molar refractivity (Wildman–Crippen MR) is 53.1 cm³/mol. The number of hydrogen-bond donors (Lipinski definition) is 0. The molecule has 0 spiro atoms. The van der Waals surface area contributed by atoms with E-state index in [1.165, 1.54) is 18.2 Å². The molecular formula is C10H18Y-4. The fraction of sp³-hybridized carbons (Fsp3) is 0. The zero-order valence-electron chi connectivity index (χ0n) is 7.55. The van der Waals surface area contributed by atoms with Gasteiger partial charge in [-0.25, -0.2) is 58.7 Å². The van der Waals surface area contributed by atoms with Crippen LogP contribution in [-0.4, -0.2) is 0 Å². The van der Waals surface area contributed by atoms with E-state index in [2.05, 4.69) is 40.5 Å². The number of rotatable bonds is 0. The first-order chi connectivity index (χ1) is 4.24. The summed E-state index contributed by atoms with van der Waals surface area (Å²) in [4.78, 5) is 0. The van der Waals surface area contributed by atoms with Gasteiger partial charge in [0.2, 0.25) is 0 Å². The molecule has 1 radical (unpaired) electrons. The molecule has 0 fully saturated rings. The first-order valence-electron chi connectivity index (χ1n) is 2.45. The summed E-state index contributed by atoms with van der Waals surface area (Å²) in [5, 5.41) is 0. The fourth-order valence-corrected chi connectivity index (χ4v) is 0. The van der Waals surface area contributed by atoms with E-state index < -0.39 is 0 Å². The summed E-state index contributed by atoms with van der Waals surface area (Å²) in [5.41, 5.74) is 0. The van der Waals surface area contributed by atoms with Crippen molar-refractivity contribution in [1.82, 2.24) is 0 Å². The van der Waals surface area contributed by atoms with Crippen LogP contribution >= 0.6 is 0 Å². The SMILES string of the molecule is C=C[CH2-].C=C[CH2-].C=C[CH2-].[CH3-].[Y]. The fourth-order valence-electron chi connectivity index (χ4n) is 0. The summed E-state index contributed by atoms with van der Waals surface area (Å²) in [6.07, 6.45) is 4.50. The van der Waals surface area contributed by atoms with Crippen molar-refractivity contribution in [3.63, 3.8) is 0 Å². The van der Waals surface area contributed by atoms with Crippen LogP contribution in [0.4, 0.5) is 0 Å². The van der Waals surface area contributed by atoms with E-state index in [1.807, 2.05) is 0 Å². The predicted octanol–water partition coefficient (Wildman–Crippen LogP) is 3.47. The molecule has 0 saturated heterocycles. The average Bonchev–Trinajstić information content (AvgIpc) is 1.70. The van der Waals surface area contributed by atoms with Gasteiger partial charge < -0.3 is 7.43 Å². The van der Waals surface area contributed by atoms with Crippen molar-refractivity contribution in [2.75, 3.05) is 0 Å². The Labute approximate surface area is 98.4 Å². The van der Waals surface area contributed by atoms with Crippen LogP contribution in [0.3, 0.4) is 0 Å². The first-order valence-corrected chi connectivity index (χ1v) is 2.45. The van der Waals surface area contributed by atoms with E-state index in [0.717, 1.165) is 0 Å². The zero-order chi connectivity index (χ0) is 8.12. The molecule has 65 valence electrons. The van der Waals surface area contributed by atoms with Crippen molar-refractivity contribution in [3.05, 3.63) is 66.2 Å². The molecule has 11 heavy (non-hydrogen) atoms. The molecule has 1 heteroatoms. The molecule has 0 aromatic heterocycles. The molecule has 0 heterocycles. The Balaban J connectivity index is -0.0000000150. The average molecular weight is 227 g/mol. The Morgan fingerprint density at radius 2 is 0.727 bits per heavy atom. The van der Waals surface area contributed by atoms with Gasteiger partial charge in [-0.2, -0.15) is 0 Å². The standard InChI is InChI=1S/3C3H5.CH3.Y/c3*1-3-2;;/h3*3H,1-2H2;1H3;/q4*-1;.